The number of nitrogens with one attached hydrogen (secondary N) is 1. The largest absolute Gasteiger partial charge is 0.279 e. The quantitative estimate of drug-likeness (QED) is 0.932. The number of nitriles is 1. The van der Waals surface area contributed by atoms with Crippen molar-refractivity contribution in [2.45, 2.75) is 18.7 Å². The lowest BCUT2D eigenvalue weighted by atomic mass is 10.2. The monoisotopic (exact) mass is 290 g/mol. The Morgan fingerprint density at radius 1 is 1.35 bits per heavy atom. The highest BCUT2D eigenvalue weighted by Gasteiger charge is 2.23. The highest BCUT2D eigenvalue weighted by atomic mass is 32.2. The van der Waals surface area contributed by atoms with Crippen LogP contribution in [0.1, 0.15) is 17.0 Å². The lowest BCUT2D eigenvalue weighted by Crippen LogP contribution is -2.15. The zero-order chi connectivity index (χ0) is 14.9. The SMILES string of the molecule is Cc1nn(C)c(C)c1S(=O)(=O)Nc1cccc(C#N)c1. The third-order valence-electron chi connectivity index (χ3n) is 2.96. The summed E-state index contributed by atoms with van der Waals surface area (Å²) in [5.41, 5.74) is 1.75. The highest BCUT2D eigenvalue weighted by molar-refractivity contribution is 7.92. The smallest absolute Gasteiger partial charge is 0.265 e. The fourth-order valence-electron chi connectivity index (χ4n) is 2.00. The number of hydrogen-bond donors (Lipinski definition) is 1. The Kier molecular flexibility index (Phi) is 3.51. The number of aromatic nitrogens is 2. The number of hydrogen-bond acceptors (Lipinski definition) is 4. The van der Waals surface area contributed by atoms with E-state index in [-0.39, 0.29) is 4.90 Å². The van der Waals surface area contributed by atoms with E-state index in [4.69, 9.17) is 5.26 Å². The molecule has 7 heteroatoms. The van der Waals surface area contributed by atoms with E-state index < -0.39 is 10.0 Å². The first-order valence-electron chi connectivity index (χ1n) is 5.88. The third kappa shape index (κ3) is 2.51. The minimum Gasteiger partial charge on any atom is -0.279 e. The van der Waals surface area contributed by atoms with Crippen molar-refractivity contribution in [1.29, 1.82) is 5.26 Å². The van der Waals surface area contributed by atoms with Crippen LogP contribution in [0, 0.1) is 25.2 Å². The molecule has 0 fully saturated rings. The predicted molar refractivity (Wildman–Crippen MR) is 74.6 cm³/mol. The Balaban J connectivity index is 2.44. The van der Waals surface area contributed by atoms with Crippen LogP contribution in [0.5, 0.6) is 0 Å². The molecular weight excluding hydrogens is 276 g/mol. The van der Waals surface area contributed by atoms with Gasteiger partial charge in [-0.3, -0.25) is 9.40 Å². The van der Waals surface area contributed by atoms with E-state index in [1.54, 1.807) is 39.1 Å². The van der Waals surface area contributed by atoms with Gasteiger partial charge in [0.2, 0.25) is 0 Å². The van der Waals surface area contributed by atoms with E-state index in [2.05, 4.69) is 9.82 Å². The minimum atomic E-state index is -3.72. The molecule has 0 aliphatic rings. The van der Waals surface area contributed by atoms with E-state index in [9.17, 15) is 8.42 Å². The van der Waals surface area contributed by atoms with Crippen molar-refractivity contribution in [2.24, 2.45) is 7.05 Å². The molecule has 0 aliphatic carbocycles. The first-order valence-corrected chi connectivity index (χ1v) is 7.36. The molecule has 1 heterocycles. The lowest BCUT2D eigenvalue weighted by Gasteiger charge is -2.08. The van der Waals surface area contributed by atoms with E-state index >= 15 is 0 Å². The maximum atomic E-state index is 12.4. The molecule has 6 nitrogen and oxygen atoms in total. The molecule has 0 amide bonds. The van der Waals surface area contributed by atoms with Gasteiger partial charge in [-0.25, -0.2) is 8.42 Å². The summed E-state index contributed by atoms with van der Waals surface area (Å²) in [6, 6.07) is 8.28. The molecular formula is C13H14N4O2S. The summed E-state index contributed by atoms with van der Waals surface area (Å²) in [7, 11) is -2.03. The van der Waals surface area contributed by atoms with E-state index in [0.717, 1.165) is 0 Å². The molecule has 20 heavy (non-hydrogen) atoms. The lowest BCUT2D eigenvalue weighted by molar-refractivity contribution is 0.599. The predicted octanol–water partition coefficient (Wildman–Crippen LogP) is 1.71. The van der Waals surface area contributed by atoms with Crippen LogP contribution in [-0.4, -0.2) is 18.2 Å². The standard InChI is InChI=1S/C13H14N4O2S/c1-9-13(10(2)17(3)15-9)20(18,19)16-12-6-4-5-11(7-12)8-14/h4-7,16H,1-3H3. The average Bonchev–Trinajstić information content (AvgIpc) is 2.63. The molecule has 1 N–H and O–H groups in total. The number of sulfonamides is 1. The van der Waals surface area contributed by atoms with Crippen molar-refractivity contribution in [2.75, 3.05) is 4.72 Å². The summed E-state index contributed by atoms with van der Waals surface area (Å²) in [5, 5.41) is 12.9. The molecule has 0 unspecified atom stereocenters. The van der Waals surface area contributed by atoms with Crippen LogP contribution in [-0.2, 0) is 17.1 Å². The van der Waals surface area contributed by atoms with E-state index in [1.165, 1.54) is 10.7 Å². The van der Waals surface area contributed by atoms with Crippen LogP contribution in [0.25, 0.3) is 0 Å². The molecule has 0 aliphatic heterocycles. The molecule has 104 valence electrons. The highest BCUT2D eigenvalue weighted by Crippen LogP contribution is 2.22. The maximum Gasteiger partial charge on any atom is 0.265 e. The molecule has 1 aromatic heterocycles. The molecule has 2 rings (SSSR count). The number of nitrogens with zero attached hydrogens (tertiary/aromatic N) is 3. The van der Waals surface area contributed by atoms with Gasteiger partial charge in [0.25, 0.3) is 10.0 Å². The first kappa shape index (κ1) is 14.1. The summed E-state index contributed by atoms with van der Waals surface area (Å²) >= 11 is 0. The second-order valence-electron chi connectivity index (χ2n) is 4.42. The van der Waals surface area contributed by atoms with Crippen molar-refractivity contribution in [3.05, 3.63) is 41.2 Å². The Morgan fingerprint density at radius 3 is 2.60 bits per heavy atom. The van der Waals surface area contributed by atoms with Crippen LogP contribution < -0.4 is 4.72 Å². The fourth-order valence-corrected chi connectivity index (χ4v) is 3.49. The van der Waals surface area contributed by atoms with Crippen molar-refractivity contribution in [1.82, 2.24) is 9.78 Å². The Hall–Kier alpha value is -2.33. The normalized spacial score (nSPS) is 11.1. The van der Waals surface area contributed by atoms with Gasteiger partial charge >= 0.3 is 0 Å². The summed E-state index contributed by atoms with van der Waals surface area (Å²) in [6.07, 6.45) is 0. The molecule has 1 aromatic carbocycles. The van der Waals surface area contributed by atoms with Gasteiger partial charge in [-0.05, 0) is 32.0 Å². The number of anilines is 1. The topological polar surface area (TPSA) is 87.8 Å². The zero-order valence-electron chi connectivity index (χ0n) is 11.4. The molecule has 0 spiro atoms. The molecule has 2 aromatic rings. The average molecular weight is 290 g/mol. The van der Waals surface area contributed by atoms with Crippen LogP contribution in [0.15, 0.2) is 29.2 Å². The molecule has 0 saturated carbocycles. The maximum absolute atomic E-state index is 12.4. The second-order valence-corrected chi connectivity index (χ2v) is 6.04. The zero-order valence-corrected chi connectivity index (χ0v) is 12.2. The van der Waals surface area contributed by atoms with Gasteiger partial charge < -0.3 is 0 Å². The Bertz CT molecular complexity index is 800. The van der Waals surface area contributed by atoms with Gasteiger partial charge in [-0.15, -0.1) is 0 Å². The van der Waals surface area contributed by atoms with Crippen LogP contribution >= 0.6 is 0 Å². The van der Waals surface area contributed by atoms with Crippen LogP contribution in [0.3, 0.4) is 0 Å². The first-order chi connectivity index (χ1) is 9.35. The number of benzene rings is 1. The van der Waals surface area contributed by atoms with E-state index in [0.29, 0.717) is 22.6 Å². The van der Waals surface area contributed by atoms with Gasteiger partial charge in [0.15, 0.2) is 0 Å². The van der Waals surface area contributed by atoms with Gasteiger partial charge in [-0.2, -0.15) is 10.4 Å². The van der Waals surface area contributed by atoms with Crippen molar-refractivity contribution < 1.29 is 8.42 Å². The molecule has 0 atom stereocenters. The van der Waals surface area contributed by atoms with Gasteiger partial charge in [0, 0.05) is 7.05 Å². The van der Waals surface area contributed by atoms with Gasteiger partial charge in [-0.1, -0.05) is 6.07 Å². The van der Waals surface area contributed by atoms with Gasteiger partial charge in [0.1, 0.15) is 4.90 Å². The Morgan fingerprint density at radius 2 is 2.05 bits per heavy atom. The Labute approximate surface area is 117 Å². The fraction of sp³-hybridized carbons (Fsp3) is 0.231. The van der Waals surface area contributed by atoms with Crippen molar-refractivity contribution >= 4 is 15.7 Å². The van der Waals surface area contributed by atoms with Crippen LogP contribution in [0.4, 0.5) is 5.69 Å². The van der Waals surface area contributed by atoms with E-state index in [1.807, 2.05) is 6.07 Å². The van der Waals surface area contributed by atoms with Crippen molar-refractivity contribution in [3.8, 4) is 6.07 Å². The van der Waals surface area contributed by atoms with Crippen molar-refractivity contribution in [3.63, 3.8) is 0 Å². The summed E-state index contributed by atoms with van der Waals surface area (Å²) in [5.74, 6) is 0. The molecule has 0 bridgehead atoms. The number of rotatable bonds is 3. The third-order valence-corrected chi connectivity index (χ3v) is 4.59. The summed E-state index contributed by atoms with van der Waals surface area (Å²) in [6.45, 7) is 3.34. The molecule has 0 radical (unpaired) electrons. The summed E-state index contributed by atoms with van der Waals surface area (Å²) in [4.78, 5) is 0.169. The minimum absolute atomic E-state index is 0.169. The van der Waals surface area contributed by atoms with Gasteiger partial charge in [0.05, 0.1) is 28.7 Å². The second kappa shape index (κ2) is 4.98. The summed E-state index contributed by atoms with van der Waals surface area (Å²) < 4.78 is 28.8. The van der Waals surface area contributed by atoms with Crippen LogP contribution in [0.2, 0.25) is 0 Å². The number of aryl methyl sites for hydroxylation is 2. The molecule has 0 saturated heterocycles.